The van der Waals surface area contributed by atoms with Crippen LogP contribution in [0, 0.1) is 13.8 Å². The fourth-order valence-electron chi connectivity index (χ4n) is 1.97. The van der Waals surface area contributed by atoms with Gasteiger partial charge in [-0.05, 0) is 27.0 Å². The zero-order valence-electron chi connectivity index (χ0n) is 12.5. The summed E-state index contributed by atoms with van der Waals surface area (Å²) in [6.07, 6.45) is 0. The summed E-state index contributed by atoms with van der Waals surface area (Å²) in [7, 11) is -0.00156. The molecule has 0 fully saturated rings. The van der Waals surface area contributed by atoms with Gasteiger partial charge in [0.15, 0.2) is 0 Å². The predicted molar refractivity (Wildman–Crippen MR) is 87.3 cm³/mol. The van der Waals surface area contributed by atoms with Crippen LogP contribution < -0.4 is 5.32 Å². The average Bonchev–Trinajstić information content (AvgIpc) is 2.97. The van der Waals surface area contributed by atoms with Crippen LogP contribution in [0.15, 0.2) is 16.5 Å². The summed E-state index contributed by atoms with van der Waals surface area (Å²) in [6.45, 7) is 4.78. The minimum atomic E-state index is -3.47. The maximum absolute atomic E-state index is 12.7. The zero-order chi connectivity index (χ0) is 15.6. The Morgan fingerprint density at radius 3 is 2.67 bits per heavy atom. The van der Waals surface area contributed by atoms with Crippen molar-refractivity contribution in [1.82, 2.24) is 14.6 Å². The van der Waals surface area contributed by atoms with Gasteiger partial charge >= 0.3 is 0 Å². The van der Waals surface area contributed by atoms with E-state index < -0.39 is 10.0 Å². The Kier molecular flexibility index (Phi) is 5.15. The van der Waals surface area contributed by atoms with Crippen molar-refractivity contribution in [2.75, 3.05) is 14.1 Å². The molecule has 0 unspecified atom stereocenters. The lowest BCUT2D eigenvalue weighted by Crippen LogP contribution is -2.26. The van der Waals surface area contributed by atoms with Gasteiger partial charge in [-0.15, -0.1) is 22.7 Å². The maximum Gasteiger partial charge on any atom is 0.244 e. The second-order valence-corrected chi connectivity index (χ2v) is 9.08. The van der Waals surface area contributed by atoms with Gasteiger partial charge in [0.25, 0.3) is 0 Å². The van der Waals surface area contributed by atoms with E-state index >= 15 is 0 Å². The van der Waals surface area contributed by atoms with E-state index in [1.807, 2.05) is 20.9 Å². The molecule has 0 spiro atoms. The van der Waals surface area contributed by atoms with Gasteiger partial charge in [0.2, 0.25) is 10.0 Å². The number of thiophene rings is 1. The Morgan fingerprint density at radius 1 is 1.38 bits per heavy atom. The van der Waals surface area contributed by atoms with Gasteiger partial charge in [0.05, 0.1) is 16.1 Å². The first-order valence-electron chi connectivity index (χ1n) is 6.45. The lowest BCUT2D eigenvalue weighted by Gasteiger charge is -2.16. The fraction of sp³-hybridized carbons (Fsp3) is 0.462. The first-order valence-corrected chi connectivity index (χ1v) is 9.59. The van der Waals surface area contributed by atoms with Gasteiger partial charge in [-0.25, -0.2) is 13.4 Å². The van der Waals surface area contributed by atoms with E-state index in [0.29, 0.717) is 18.0 Å². The van der Waals surface area contributed by atoms with Gasteiger partial charge in [0.1, 0.15) is 0 Å². The number of nitrogens with zero attached hydrogens (tertiary/aromatic N) is 2. The van der Waals surface area contributed by atoms with Crippen LogP contribution in [0.3, 0.4) is 0 Å². The molecule has 1 N–H and O–H groups in total. The van der Waals surface area contributed by atoms with Gasteiger partial charge in [-0.2, -0.15) is 4.31 Å². The fourth-order valence-corrected chi connectivity index (χ4v) is 5.64. The number of rotatable bonds is 6. The number of hydrogen-bond donors (Lipinski definition) is 1. The summed E-state index contributed by atoms with van der Waals surface area (Å²) in [5.74, 6) is 0. The molecule has 0 atom stereocenters. The van der Waals surface area contributed by atoms with Crippen molar-refractivity contribution in [3.63, 3.8) is 0 Å². The van der Waals surface area contributed by atoms with Crippen LogP contribution in [-0.4, -0.2) is 31.8 Å². The Hall–Kier alpha value is -0.800. The summed E-state index contributed by atoms with van der Waals surface area (Å²) in [5, 5.41) is 3.04. The van der Waals surface area contributed by atoms with E-state index in [1.165, 1.54) is 27.0 Å². The molecule has 21 heavy (non-hydrogen) atoms. The van der Waals surface area contributed by atoms with Gasteiger partial charge < -0.3 is 5.32 Å². The number of hydrogen-bond acceptors (Lipinski definition) is 6. The average molecular weight is 346 g/mol. The third-order valence-electron chi connectivity index (χ3n) is 3.17. The van der Waals surface area contributed by atoms with Crippen LogP contribution in [0.5, 0.6) is 0 Å². The molecule has 116 valence electrons. The number of aryl methyl sites for hydroxylation is 2. The second kappa shape index (κ2) is 6.53. The highest BCUT2D eigenvalue weighted by Crippen LogP contribution is 2.29. The molecule has 0 aromatic carbocycles. The van der Waals surface area contributed by atoms with E-state index in [-0.39, 0.29) is 0 Å². The highest BCUT2D eigenvalue weighted by atomic mass is 32.2. The van der Waals surface area contributed by atoms with Crippen LogP contribution in [-0.2, 0) is 23.1 Å². The van der Waals surface area contributed by atoms with Crippen molar-refractivity contribution in [2.24, 2.45) is 0 Å². The molecule has 2 aromatic heterocycles. The topological polar surface area (TPSA) is 62.3 Å². The number of sulfonamides is 1. The molecular weight excluding hydrogens is 326 g/mol. The molecule has 0 aliphatic rings. The normalized spacial score (nSPS) is 12.2. The largest absolute Gasteiger partial charge is 0.315 e. The molecule has 8 heteroatoms. The SMILES string of the molecule is CNCc1cc(S(=O)(=O)N(C)Cc2scnc2C)c(C)s1. The summed E-state index contributed by atoms with van der Waals surface area (Å²) < 4.78 is 26.8. The Morgan fingerprint density at radius 2 is 2.10 bits per heavy atom. The molecule has 2 aromatic rings. The van der Waals surface area contributed by atoms with Crippen molar-refractivity contribution >= 4 is 32.7 Å². The summed E-state index contributed by atoms with van der Waals surface area (Å²) >= 11 is 3.00. The Balaban J connectivity index is 2.26. The Labute approximate surface area is 133 Å². The zero-order valence-corrected chi connectivity index (χ0v) is 15.0. The van der Waals surface area contributed by atoms with Crippen molar-refractivity contribution in [3.8, 4) is 0 Å². The number of thiazole rings is 1. The van der Waals surface area contributed by atoms with Crippen LogP contribution >= 0.6 is 22.7 Å². The van der Waals surface area contributed by atoms with Gasteiger partial charge in [0, 0.05) is 34.8 Å². The van der Waals surface area contributed by atoms with Crippen LogP contribution in [0.25, 0.3) is 0 Å². The first kappa shape index (κ1) is 16.6. The predicted octanol–water partition coefficient (Wildman–Crippen LogP) is 2.36. The summed E-state index contributed by atoms with van der Waals surface area (Å²) in [6, 6.07) is 1.77. The third kappa shape index (κ3) is 3.51. The van der Waals surface area contributed by atoms with E-state index in [4.69, 9.17) is 0 Å². The van der Waals surface area contributed by atoms with Crippen LogP contribution in [0.1, 0.15) is 20.3 Å². The monoisotopic (exact) mass is 345 g/mol. The smallest absolute Gasteiger partial charge is 0.244 e. The molecule has 0 aliphatic heterocycles. The van der Waals surface area contributed by atoms with Crippen molar-refractivity contribution in [3.05, 3.63) is 31.9 Å². The molecule has 0 radical (unpaired) electrons. The lowest BCUT2D eigenvalue weighted by molar-refractivity contribution is 0.468. The quantitative estimate of drug-likeness (QED) is 0.873. The second-order valence-electron chi connectivity index (χ2n) is 4.79. The molecule has 2 rings (SSSR count). The van der Waals surface area contributed by atoms with E-state index in [2.05, 4.69) is 10.3 Å². The van der Waals surface area contributed by atoms with Gasteiger partial charge in [-0.1, -0.05) is 0 Å². The van der Waals surface area contributed by atoms with Crippen molar-refractivity contribution in [1.29, 1.82) is 0 Å². The molecule has 0 saturated heterocycles. The minimum absolute atomic E-state index is 0.357. The van der Waals surface area contributed by atoms with E-state index in [1.54, 1.807) is 18.6 Å². The highest BCUT2D eigenvalue weighted by molar-refractivity contribution is 7.89. The standard InChI is InChI=1S/C13H19N3O2S3/c1-9-12(19-8-15-9)7-16(4)21(17,18)13-5-11(6-14-3)20-10(13)2/h5,8,14H,6-7H2,1-4H3. The molecule has 0 saturated carbocycles. The van der Waals surface area contributed by atoms with Crippen LogP contribution in [0.4, 0.5) is 0 Å². The molecular formula is C13H19N3O2S3. The van der Waals surface area contributed by atoms with Crippen molar-refractivity contribution in [2.45, 2.75) is 31.8 Å². The number of aromatic nitrogens is 1. The number of nitrogens with one attached hydrogen (secondary N) is 1. The molecule has 5 nitrogen and oxygen atoms in total. The van der Waals surface area contributed by atoms with E-state index in [0.717, 1.165) is 20.3 Å². The maximum atomic E-state index is 12.7. The van der Waals surface area contributed by atoms with Crippen LogP contribution in [0.2, 0.25) is 0 Å². The summed E-state index contributed by atoms with van der Waals surface area (Å²) in [4.78, 5) is 7.39. The van der Waals surface area contributed by atoms with E-state index in [9.17, 15) is 8.42 Å². The Bertz CT molecular complexity index is 719. The third-order valence-corrected chi connectivity index (χ3v) is 7.20. The van der Waals surface area contributed by atoms with Crippen molar-refractivity contribution < 1.29 is 8.42 Å². The molecule has 0 amide bonds. The molecule has 0 bridgehead atoms. The summed E-state index contributed by atoms with van der Waals surface area (Å²) in [5.41, 5.74) is 2.63. The van der Waals surface area contributed by atoms with Gasteiger partial charge in [-0.3, -0.25) is 0 Å². The minimum Gasteiger partial charge on any atom is -0.315 e. The highest BCUT2D eigenvalue weighted by Gasteiger charge is 2.25. The molecule has 0 aliphatic carbocycles. The lowest BCUT2D eigenvalue weighted by atomic mass is 10.4. The molecule has 2 heterocycles. The first-order chi connectivity index (χ1) is 9.86.